The molecule has 3 fully saturated rings. The molecule has 0 radical (unpaired) electrons. The molecule has 37 heavy (non-hydrogen) atoms. The molecule has 6 rings (SSSR count). The number of nitrogens with zero attached hydrogens (tertiary/aromatic N) is 6. The van der Waals surface area contributed by atoms with Crippen LogP contribution in [-0.2, 0) is 6.42 Å². The van der Waals surface area contributed by atoms with Gasteiger partial charge in [0, 0.05) is 56.2 Å². The number of aromatic nitrogens is 4. The van der Waals surface area contributed by atoms with Crippen LogP contribution in [0.2, 0.25) is 0 Å². The molecule has 3 N–H and O–H groups in total. The maximum atomic E-state index is 14.7. The maximum absolute atomic E-state index is 14.7. The van der Waals surface area contributed by atoms with Crippen LogP contribution < -0.4 is 20.4 Å². The van der Waals surface area contributed by atoms with Gasteiger partial charge in [-0.05, 0) is 61.6 Å². The summed E-state index contributed by atoms with van der Waals surface area (Å²) in [7, 11) is 0. The van der Waals surface area contributed by atoms with Crippen molar-refractivity contribution < 1.29 is 9.50 Å². The van der Waals surface area contributed by atoms with Gasteiger partial charge in [0.2, 0.25) is 5.95 Å². The Morgan fingerprint density at radius 3 is 2.62 bits per heavy atom. The monoisotopic (exact) mass is 506 g/mol. The van der Waals surface area contributed by atoms with Gasteiger partial charge in [-0.3, -0.25) is 0 Å². The Balaban J connectivity index is 1.30. The van der Waals surface area contributed by atoms with E-state index in [0.717, 1.165) is 42.6 Å². The van der Waals surface area contributed by atoms with Gasteiger partial charge in [-0.15, -0.1) is 0 Å². The van der Waals surface area contributed by atoms with Crippen LogP contribution in [0.1, 0.15) is 39.2 Å². The molecule has 10 heteroatoms. The lowest BCUT2D eigenvalue weighted by atomic mass is 9.78. The molecule has 6 heterocycles. The van der Waals surface area contributed by atoms with Crippen LogP contribution >= 0.6 is 0 Å². The van der Waals surface area contributed by atoms with Crippen molar-refractivity contribution in [2.24, 2.45) is 5.41 Å². The lowest BCUT2D eigenvalue weighted by Crippen LogP contribution is -2.52. The Morgan fingerprint density at radius 1 is 1.11 bits per heavy atom. The second-order valence-electron chi connectivity index (χ2n) is 11.5. The van der Waals surface area contributed by atoms with E-state index in [-0.39, 0.29) is 12.0 Å². The number of anilines is 4. The van der Waals surface area contributed by atoms with Crippen LogP contribution in [0.5, 0.6) is 0 Å². The lowest BCUT2D eigenvalue weighted by Gasteiger charge is -2.41. The summed E-state index contributed by atoms with van der Waals surface area (Å²) in [6.07, 6.45) is 7.10. The van der Waals surface area contributed by atoms with Gasteiger partial charge in [0.15, 0.2) is 5.67 Å². The molecule has 196 valence electrons. The molecule has 0 amide bonds. The molecule has 0 aliphatic carbocycles. The van der Waals surface area contributed by atoms with Crippen LogP contribution in [0.4, 0.5) is 27.8 Å². The molecule has 3 aliphatic heterocycles. The zero-order valence-electron chi connectivity index (χ0n) is 21.7. The highest BCUT2D eigenvalue weighted by atomic mass is 19.1. The number of aliphatic hydroxyl groups is 1. The average Bonchev–Trinajstić information content (AvgIpc) is 2.85. The Labute approximate surface area is 216 Å². The molecule has 9 nitrogen and oxygen atoms in total. The Morgan fingerprint density at radius 2 is 1.95 bits per heavy atom. The third-order valence-electron chi connectivity index (χ3n) is 8.20. The highest BCUT2D eigenvalue weighted by Gasteiger charge is 2.40. The summed E-state index contributed by atoms with van der Waals surface area (Å²) in [6, 6.07) is 4.35. The number of pyridine rings is 2. The first-order chi connectivity index (χ1) is 17.7. The van der Waals surface area contributed by atoms with Gasteiger partial charge in [-0.1, -0.05) is 6.92 Å². The Bertz CT molecular complexity index is 1310. The largest absolute Gasteiger partial charge is 0.390 e. The number of aliphatic hydroxyl groups excluding tert-OH is 1. The predicted octanol–water partition coefficient (Wildman–Crippen LogP) is 3.21. The van der Waals surface area contributed by atoms with Gasteiger partial charge in [-0.25, -0.2) is 19.3 Å². The molecule has 3 aromatic heterocycles. The van der Waals surface area contributed by atoms with E-state index in [9.17, 15) is 9.50 Å². The van der Waals surface area contributed by atoms with E-state index in [1.807, 2.05) is 12.4 Å². The first-order valence-corrected chi connectivity index (χ1v) is 13.2. The zero-order valence-corrected chi connectivity index (χ0v) is 21.7. The van der Waals surface area contributed by atoms with Gasteiger partial charge in [0.1, 0.15) is 17.5 Å². The number of hydrogen-bond donors (Lipinski definition) is 3. The van der Waals surface area contributed by atoms with E-state index in [2.05, 4.69) is 45.4 Å². The number of hydrogen-bond acceptors (Lipinski definition) is 9. The van der Waals surface area contributed by atoms with Crippen LogP contribution in [0, 0.1) is 5.41 Å². The van der Waals surface area contributed by atoms with Crippen molar-refractivity contribution in [1.29, 1.82) is 0 Å². The molecule has 0 saturated carbocycles. The second kappa shape index (κ2) is 9.02. The normalized spacial score (nSPS) is 27.1. The minimum absolute atomic E-state index is 0.0491. The fourth-order valence-electron chi connectivity index (χ4n) is 5.59. The van der Waals surface area contributed by atoms with Crippen molar-refractivity contribution in [3.63, 3.8) is 0 Å². The molecule has 3 saturated heterocycles. The smallest absolute Gasteiger partial charge is 0.227 e. The number of piperidine rings is 1. The van der Waals surface area contributed by atoms with E-state index in [0.29, 0.717) is 36.6 Å². The van der Waals surface area contributed by atoms with E-state index >= 15 is 0 Å². The standard InChI is InChI=1S/C27H35FN8O/c1-17-5-9-36(17)24-20-13-31-23(10-19(20)18(12-32-24)11-26(2)14-29-15-26)33-22-4-7-30-25(34-22)35-8-6-21(37)27(3,28)16-35/h4,7,10,12-13,17,21,29,37H,5-6,8-9,11,14-16H2,1-3H3,(H,30,31,33,34)/t17?,21?,27-/m1/s1. The predicted molar refractivity (Wildman–Crippen MR) is 143 cm³/mol. The van der Waals surface area contributed by atoms with Crippen molar-refractivity contribution >= 4 is 34.2 Å². The quantitative estimate of drug-likeness (QED) is 0.465. The summed E-state index contributed by atoms with van der Waals surface area (Å²) >= 11 is 0. The van der Waals surface area contributed by atoms with E-state index in [1.165, 1.54) is 18.9 Å². The Hall–Kier alpha value is -3.11. The summed E-state index contributed by atoms with van der Waals surface area (Å²) in [5.74, 6) is 2.71. The summed E-state index contributed by atoms with van der Waals surface area (Å²) < 4.78 is 14.7. The first-order valence-electron chi connectivity index (χ1n) is 13.2. The number of fused-ring (bicyclic) bond motifs is 1. The molecular formula is C27H35FN8O. The van der Waals surface area contributed by atoms with Crippen molar-refractivity contribution in [3.05, 3.63) is 36.3 Å². The van der Waals surface area contributed by atoms with Crippen molar-refractivity contribution in [2.45, 2.75) is 57.8 Å². The minimum Gasteiger partial charge on any atom is -0.390 e. The van der Waals surface area contributed by atoms with E-state index in [4.69, 9.17) is 9.97 Å². The fourth-order valence-corrected chi connectivity index (χ4v) is 5.59. The number of halogens is 1. The molecule has 3 aromatic rings. The van der Waals surface area contributed by atoms with Gasteiger partial charge in [0.25, 0.3) is 0 Å². The van der Waals surface area contributed by atoms with Crippen molar-refractivity contribution in [2.75, 3.05) is 47.8 Å². The van der Waals surface area contributed by atoms with Gasteiger partial charge in [-0.2, -0.15) is 4.98 Å². The number of rotatable bonds is 6. The average molecular weight is 507 g/mol. The van der Waals surface area contributed by atoms with Crippen LogP contribution in [0.25, 0.3) is 10.8 Å². The molecule has 3 atom stereocenters. The molecular weight excluding hydrogens is 471 g/mol. The van der Waals surface area contributed by atoms with E-state index < -0.39 is 11.8 Å². The highest BCUT2D eigenvalue weighted by Crippen LogP contribution is 2.37. The van der Waals surface area contributed by atoms with Gasteiger partial charge >= 0.3 is 0 Å². The molecule has 0 aromatic carbocycles. The van der Waals surface area contributed by atoms with Crippen LogP contribution in [-0.4, -0.2) is 75.6 Å². The molecule has 2 unspecified atom stereocenters. The Kier molecular flexibility index (Phi) is 5.91. The summed E-state index contributed by atoms with van der Waals surface area (Å²) in [6.45, 7) is 9.54. The van der Waals surface area contributed by atoms with Crippen LogP contribution in [0.15, 0.2) is 30.7 Å². The molecule has 3 aliphatic rings. The van der Waals surface area contributed by atoms with Crippen LogP contribution in [0.3, 0.4) is 0 Å². The van der Waals surface area contributed by atoms with Crippen molar-refractivity contribution in [1.82, 2.24) is 25.3 Å². The third kappa shape index (κ3) is 4.57. The topological polar surface area (TPSA) is 102 Å². The third-order valence-corrected chi connectivity index (χ3v) is 8.20. The summed E-state index contributed by atoms with van der Waals surface area (Å²) in [5.41, 5.74) is -0.252. The van der Waals surface area contributed by atoms with Gasteiger partial charge in [0.05, 0.1) is 12.6 Å². The molecule has 0 spiro atoms. The van der Waals surface area contributed by atoms with E-state index in [1.54, 1.807) is 17.2 Å². The lowest BCUT2D eigenvalue weighted by molar-refractivity contribution is -0.00860. The fraction of sp³-hybridized carbons (Fsp3) is 0.556. The number of alkyl halides is 1. The maximum Gasteiger partial charge on any atom is 0.227 e. The summed E-state index contributed by atoms with van der Waals surface area (Å²) in [4.78, 5) is 22.7. The first kappa shape index (κ1) is 24.2. The summed E-state index contributed by atoms with van der Waals surface area (Å²) in [5, 5.41) is 18.9. The second-order valence-corrected chi connectivity index (χ2v) is 11.5. The highest BCUT2D eigenvalue weighted by molar-refractivity contribution is 5.95. The van der Waals surface area contributed by atoms with Crippen molar-refractivity contribution in [3.8, 4) is 0 Å². The zero-order chi connectivity index (χ0) is 25.8. The minimum atomic E-state index is -1.70. The van der Waals surface area contributed by atoms with Gasteiger partial charge < -0.3 is 25.5 Å². The number of nitrogens with one attached hydrogen (secondary N) is 2. The SMILES string of the molecule is CC1CCN1c1ncc(CC2(C)CNC2)c2cc(Nc3ccnc(N4CCC(O)[C@](C)(F)C4)n3)ncc12. The molecule has 0 bridgehead atoms.